The van der Waals surface area contributed by atoms with Gasteiger partial charge in [-0.15, -0.1) is 0 Å². The Labute approximate surface area is 180 Å². The zero-order valence-corrected chi connectivity index (χ0v) is 18.4. The predicted molar refractivity (Wildman–Crippen MR) is 121 cm³/mol. The van der Waals surface area contributed by atoms with E-state index in [1.54, 1.807) is 23.0 Å². The fraction of sp³-hybridized carbons (Fsp3) is 0.409. The van der Waals surface area contributed by atoms with Gasteiger partial charge in [-0.05, 0) is 37.2 Å². The number of fused-ring (bicyclic) bond motifs is 1. The lowest BCUT2D eigenvalue weighted by molar-refractivity contribution is -0.116. The van der Waals surface area contributed by atoms with E-state index in [1.807, 2.05) is 39.0 Å². The van der Waals surface area contributed by atoms with Crippen molar-refractivity contribution in [1.29, 1.82) is 0 Å². The van der Waals surface area contributed by atoms with Crippen molar-refractivity contribution in [3.63, 3.8) is 0 Å². The number of aromatic nitrogens is 4. The van der Waals surface area contributed by atoms with Crippen LogP contribution in [0.2, 0.25) is 0 Å². The number of nitrogens with zero attached hydrogens (tertiary/aromatic N) is 3. The summed E-state index contributed by atoms with van der Waals surface area (Å²) in [6.07, 6.45) is 6.00. The molecule has 2 N–H and O–H groups in total. The molecule has 0 fully saturated rings. The van der Waals surface area contributed by atoms with E-state index in [1.165, 1.54) is 0 Å². The van der Waals surface area contributed by atoms with Crippen molar-refractivity contribution in [2.75, 3.05) is 5.32 Å². The zero-order valence-electron chi connectivity index (χ0n) is 17.6. The Morgan fingerprint density at radius 2 is 1.83 bits per heavy atom. The normalized spacial score (nSPS) is 11.6. The van der Waals surface area contributed by atoms with Crippen LogP contribution in [0, 0.1) is 4.77 Å². The second kappa shape index (κ2) is 9.30. The van der Waals surface area contributed by atoms with Crippen LogP contribution < -0.4 is 10.9 Å². The Morgan fingerprint density at radius 1 is 1.13 bits per heavy atom. The fourth-order valence-electron chi connectivity index (χ4n) is 3.14. The SMILES string of the molecule is CC(C)(C)c1ncc(NC(=O)CCCCCn2c(=S)[nH]c3ccccc3c2=O)cn1. The van der Waals surface area contributed by atoms with Gasteiger partial charge in [0, 0.05) is 18.4 Å². The summed E-state index contributed by atoms with van der Waals surface area (Å²) in [6.45, 7) is 6.65. The zero-order chi connectivity index (χ0) is 21.7. The van der Waals surface area contributed by atoms with Crippen LogP contribution in [0.5, 0.6) is 0 Å². The van der Waals surface area contributed by atoms with E-state index in [-0.39, 0.29) is 16.9 Å². The number of hydrogen-bond acceptors (Lipinski definition) is 5. The molecule has 0 saturated carbocycles. The third-order valence-electron chi connectivity index (χ3n) is 4.78. The fourth-order valence-corrected chi connectivity index (χ4v) is 3.42. The van der Waals surface area contributed by atoms with E-state index in [0.29, 0.717) is 28.8 Å². The Morgan fingerprint density at radius 3 is 2.53 bits per heavy atom. The van der Waals surface area contributed by atoms with Crippen LogP contribution >= 0.6 is 12.2 Å². The first-order valence-corrected chi connectivity index (χ1v) is 10.5. The summed E-state index contributed by atoms with van der Waals surface area (Å²) in [5.74, 6) is 0.671. The summed E-state index contributed by atoms with van der Waals surface area (Å²) in [7, 11) is 0. The van der Waals surface area contributed by atoms with Gasteiger partial charge < -0.3 is 10.3 Å². The molecule has 0 bridgehead atoms. The number of H-pyrrole nitrogens is 1. The van der Waals surface area contributed by atoms with Crippen LogP contribution in [0.1, 0.15) is 52.3 Å². The highest BCUT2D eigenvalue weighted by Gasteiger charge is 2.16. The van der Waals surface area contributed by atoms with Crippen LogP contribution in [0.25, 0.3) is 10.9 Å². The standard InChI is InChI=1S/C22H27N5O2S/c1-22(2,3)20-23-13-15(14-24-20)25-18(28)11-5-4-8-12-27-19(29)16-9-6-7-10-17(16)26-21(27)30/h6-7,9-10,13-14H,4-5,8,11-12H2,1-3H3,(H,25,28)(H,26,30). The second-order valence-corrected chi connectivity index (χ2v) is 8.72. The van der Waals surface area contributed by atoms with Crippen LogP contribution in [0.15, 0.2) is 41.5 Å². The monoisotopic (exact) mass is 425 g/mol. The average molecular weight is 426 g/mol. The minimum absolute atomic E-state index is 0.0673. The summed E-state index contributed by atoms with van der Waals surface area (Å²) >= 11 is 5.32. The van der Waals surface area contributed by atoms with Crippen LogP contribution in [0.3, 0.4) is 0 Å². The van der Waals surface area contributed by atoms with Crippen molar-refractivity contribution < 1.29 is 4.79 Å². The highest BCUT2D eigenvalue weighted by molar-refractivity contribution is 7.71. The molecule has 0 aliphatic carbocycles. The third-order valence-corrected chi connectivity index (χ3v) is 5.10. The summed E-state index contributed by atoms with van der Waals surface area (Å²) in [5.41, 5.74) is 1.14. The molecule has 2 aromatic heterocycles. The highest BCUT2D eigenvalue weighted by Crippen LogP contribution is 2.18. The smallest absolute Gasteiger partial charge is 0.262 e. The van der Waals surface area contributed by atoms with Gasteiger partial charge in [-0.1, -0.05) is 39.3 Å². The molecule has 0 saturated heterocycles. The topological polar surface area (TPSA) is 92.7 Å². The van der Waals surface area contributed by atoms with Crippen molar-refractivity contribution in [2.45, 2.75) is 58.4 Å². The number of carbonyl (C=O) groups excluding carboxylic acids is 1. The number of rotatable bonds is 7. The molecule has 2 heterocycles. The predicted octanol–water partition coefficient (Wildman–Crippen LogP) is 4.35. The number of aromatic amines is 1. The maximum Gasteiger partial charge on any atom is 0.262 e. The van der Waals surface area contributed by atoms with E-state index in [0.717, 1.165) is 30.6 Å². The van der Waals surface area contributed by atoms with Gasteiger partial charge in [-0.2, -0.15) is 0 Å². The van der Waals surface area contributed by atoms with E-state index >= 15 is 0 Å². The molecule has 1 aromatic carbocycles. The number of hydrogen-bond donors (Lipinski definition) is 2. The van der Waals surface area contributed by atoms with Gasteiger partial charge in [-0.25, -0.2) is 9.97 Å². The first-order chi connectivity index (χ1) is 14.3. The summed E-state index contributed by atoms with van der Waals surface area (Å²) in [6, 6.07) is 7.34. The Balaban J connectivity index is 1.46. The number of benzene rings is 1. The lowest BCUT2D eigenvalue weighted by Gasteiger charge is -2.16. The van der Waals surface area contributed by atoms with Gasteiger partial charge in [0.1, 0.15) is 5.82 Å². The molecular formula is C22H27N5O2S. The summed E-state index contributed by atoms with van der Waals surface area (Å²) in [5, 5.41) is 3.46. The molecule has 0 radical (unpaired) electrons. The quantitative estimate of drug-likeness (QED) is 0.434. The molecule has 0 atom stereocenters. The first-order valence-electron chi connectivity index (χ1n) is 10.1. The number of carbonyl (C=O) groups is 1. The molecular weight excluding hydrogens is 398 g/mol. The molecule has 0 aliphatic rings. The molecule has 30 heavy (non-hydrogen) atoms. The maximum absolute atomic E-state index is 12.6. The van der Waals surface area contributed by atoms with Gasteiger partial charge in [0.25, 0.3) is 5.56 Å². The molecule has 158 valence electrons. The van der Waals surface area contributed by atoms with Crippen molar-refractivity contribution >= 4 is 34.7 Å². The molecule has 7 nitrogen and oxygen atoms in total. The third kappa shape index (κ3) is 5.38. The molecule has 0 spiro atoms. The maximum atomic E-state index is 12.6. The Kier molecular flexibility index (Phi) is 6.77. The van der Waals surface area contributed by atoms with Gasteiger partial charge >= 0.3 is 0 Å². The largest absolute Gasteiger partial charge is 0.332 e. The van der Waals surface area contributed by atoms with E-state index in [2.05, 4.69) is 20.3 Å². The molecule has 3 rings (SSSR count). The van der Waals surface area contributed by atoms with Crippen molar-refractivity contribution in [3.05, 3.63) is 57.6 Å². The van der Waals surface area contributed by atoms with E-state index in [9.17, 15) is 9.59 Å². The molecule has 1 amide bonds. The van der Waals surface area contributed by atoms with Crippen molar-refractivity contribution in [1.82, 2.24) is 19.5 Å². The van der Waals surface area contributed by atoms with Crippen LogP contribution in [-0.2, 0) is 16.8 Å². The average Bonchev–Trinajstić information content (AvgIpc) is 2.69. The van der Waals surface area contributed by atoms with Crippen molar-refractivity contribution in [3.8, 4) is 0 Å². The van der Waals surface area contributed by atoms with Crippen LogP contribution in [0.4, 0.5) is 5.69 Å². The van der Waals surface area contributed by atoms with Gasteiger partial charge in [0.05, 0.1) is 29.0 Å². The van der Waals surface area contributed by atoms with Gasteiger partial charge in [-0.3, -0.25) is 14.2 Å². The minimum atomic E-state index is -0.127. The Bertz CT molecular complexity index is 1140. The number of amides is 1. The molecule has 8 heteroatoms. The first kappa shape index (κ1) is 21.8. The molecule has 0 unspecified atom stereocenters. The minimum Gasteiger partial charge on any atom is -0.332 e. The lowest BCUT2D eigenvalue weighted by Crippen LogP contribution is -2.22. The number of unbranched alkanes of at least 4 members (excludes halogenated alkanes) is 2. The number of nitrogens with one attached hydrogen (secondary N) is 2. The number of para-hydroxylation sites is 1. The molecule has 3 aromatic rings. The van der Waals surface area contributed by atoms with E-state index in [4.69, 9.17) is 12.2 Å². The summed E-state index contributed by atoms with van der Waals surface area (Å²) < 4.78 is 2.02. The van der Waals surface area contributed by atoms with Gasteiger partial charge in [0.2, 0.25) is 5.91 Å². The highest BCUT2D eigenvalue weighted by atomic mass is 32.1. The summed E-state index contributed by atoms with van der Waals surface area (Å²) in [4.78, 5) is 36.5. The Hall–Kier alpha value is -2.87. The second-order valence-electron chi connectivity index (χ2n) is 8.34. The van der Waals surface area contributed by atoms with Gasteiger partial charge in [0.15, 0.2) is 4.77 Å². The molecule has 0 aliphatic heterocycles. The van der Waals surface area contributed by atoms with E-state index < -0.39 is 0 Å². The lowest BCUT2D eigenvalue weighted by atomic mass is 9.96. The van der Waals surface area contributed by atoms with Crippen molar-refractivity contribution in [2.24, 2.45) is 0 Å². The van der Waals surface area contributed by atoms with Crippen LogP contribution in [-0.4, -0.2) is 25.4 Å². The number of anilines is 1.